The van der Waals surface area contributed by atoms with Crippen LogP contribution in [0.5, 0.6) is 5.75 Å². The van der Waals surface area contributed by atoms with Crippen molar-refractivity contribution in [1.29, 1.82) is 0 Å². The first-order chi connectivity index (χ1) is 19.8. The molecule has 0 spiro atoms. The molecule has 224 valence electrons. The van der Waals surface area contributed by atoms with Crippen LogP contribution in [0, 0.1) is 0 Å². The standard InChI is InChI=1S/C34H47Cl2N3O2/c1-26(2)41-30-9-6-8-27(22-30)23-33(40)39-18-7-14-34(25-39,28-10-11-31(35)32(36)24-28)15-21-37-19-12-29(13-20-37)38-16-4-3-5-17-38/h6,8-11,22,24,26,29H,3-5,7,12-21,23,25H2,1-2H3/t34-/m1/s1. The Kier molecular flexibility index (Phi) is 10.6. The lowest BCUT2D eigenvalue weighted by Gasteiger charge is -2.45. The van der Waals surface area contributed by atoms with E-state index in [9.17, 15) is 4.79 Å². The lowest BCUT2D eigenvalue weighted by atomic mass is 9.71. The highest BCUT2D eigenvalue weighted by atomic mass is 35.5. The van der Waals surface area contributed by atoms with Crippen molar-refractivity contribution in [1.82, 2.24) is 14.7 Å². The van der Waals surface area contributed by atoms with Gasteiger partial charge in [-0.1, -0.05) is 47.8 Å². The minimum absolute atomic E-state index is 0.102. The number of benzene rings is 2. The zero-order valence-electron chi connectivity index (χ0n) is 24.9. The quantitative estimate of drug-likeness (QED) is 0.305. The van der Waals surface area contributed by atoms with Crippen molar-refractivity contribution in [3.8, 4) is 5.75 Å². The predicted molar refractivity (Wildman–Crippen MR) is 169 cm³/mol. The van der Waals surface area contributed by atoms with Gasteiger partial charge in [-0.2, -0.15) is 0 Å². The van der Waals surface area contributed by atoms with Crippen LogP contribution in [0.15, 0.2) is 42.5 Å². The topological polar surface area (TPSA) is 36.0 Å². The fourth-order valence-electron chi connectivity index (χ4n) is 7.21. The third-order valence-electron chi connectivity index (χ3n) is 9.46. The second kappa shape index (κ2) is 14.1. The largest absolute Gasteiger partial charge is 0.491 e. The first-order valence-corrected chi connectivity index (χ1v) is 16.5. The van der Waals surface area contributed by atoms with E-state index in [2.05, 4.69) is 20.8 Å². The van der Waals surface area contributed by atoms with Crippen LogP contribution < -0.4 is 4.74 Å². The fourth-order valence-corrected chi connectivity index (χ4v) is 7.50. The Morgan fingerprint density at radius 2 is 1.73 bits per heavy atom. The third-order valence-corrected chi connectivity index (χ3v) is 10.2. The number of amides is 1. The Balaban J connectivity index is 1.27. The smallest absolute Gasteiger partial charge is 0.227 e. The highest BCUT2D eigenvalue weighted by Gasteiger charge is 2.39. The van der Waals surface area contributed by atoms with Gasteiger partial charge in [0.2, 0.25) is 5.91 Å². The predicted octanol–water partition coefficient (Wildman–Crippen LogP) is 7.22. The lowest BCUT2D eigenvalue weighted by Crippen LogP contribution is -2.51. The van der Waals surface area contributed by atoms with Crippen molar-refractivity contribution in [2.75, 3.05) is 45.8 Å². The lowest BCUT2D eigenvalue weighted by molar-refractivity contribution is -0.132. The van der Waals surface area contributed by atoms with E-state index in [0.717, 1.165) is 69.3 Å². The first kappa shape index (κ1) is 30.7. The summed E-state index contributed by atoms with van der Waals surface area (Å²) in [5, 5.41) is 1.17. The van der Waals surface area contributed by atoms with Crippen LogP contribution in [-0.4, -0.2) is 78.6 Å². The Hall–Kier alpha value is -1.79. The second-order valence-electron chi connectivity index (χ2n) is 12.7. The van der Waals surface area contributed by atoms with Gasteiger partial charge in [-0.05, 0) is 127 Å². The minimum Gasteiger partial charge on any atom is -0.491 e. The molecule has 0 unspecified atom stereocenters. The van der Waals surface area contributed by atoms with Crippen LogP contribution in [0.4, 0.5) is 0 Å². The number of halogens is 2. The van der Waals surface area contributed by atoms with E-state index in [1.807, 2.05) is 50.2 Å². The molecule has 1 atom stereocenters. The summed E-state index contributed by atoms with van der Waals surface area (Å²) in [5.41, 5.74) is 2.07. The normalized spacial score (nSPS) is 23.2. The maximum absolute atomic E-state index is 13.7. The zero-order chi connectivity index (χ0) is 28.8. The van der Waals surface area contributed by atoms with Crippen LogP contribution in [0.2, 0.25) is 10.0 Å². The van der Waals surface area contributed by atoms with Gasteiger partial charge in [0.15, 0.2) is 0 Å². The summed E-state index contributed by atoms with van der Waals surface area (Å²) < 4.78 is 5.87. The van der Waals surface area contributed by atoms with Crippen LogP contribution in [-0.2, 0) is 16.6 Å². The van der Waals surface area contributed by atoms with Gasteiger partial charge in [0.1, 0.15) is 5.75 Å². The highest BCUT2D eigenvalue weighted by molar-refractivity contribution is 6.42. The van der Waals surface area contributed by atoms with E-state index in [1.165, 1.54) is 50.8 Å². The van der Waals surface area contributed by atoms with Gasteiger partial charge in [0, 0.05) is 24.5 Å². The van der Waals surface area contributed by atoms with E-state index < -0.39 is 0 Å². The van der Waals surface area contributed by atoms with Crippen molar-refractivity contribution in [2.45, 2.75) is 89.2 Å². The van der Waals surface area contributed by atoms with Gasteiger partial charge in [-0.25, -0.2) is 0 Å². The number of likely N-dealkylation sites (tertiary alicyclic amines) is 3. The highest BCUT2D eigenvalue weighted by Crippen LogP contribution is 2.40. The SMILES string of the molecule is CC(C)Oc1cccc(CC(=O)N2CCC[C@](CCN3CCC(N4CCCCC4)CC3)(c3ccc(Cl)c(Cl)c3)C2)c1. The summed E-state index contributed by atoms with van der Waals surface area (Å²) in [6.45, 7) is 11.5. The van der Waals surface area contributed by atoms with Gasteiger partial charge in [-0.15, -0.1) is 0 Å². The molecule has 5 nitrogen and oxygen atoms in total. The first-order valence-electron chi connectivity index (χ1n) is 15.8. The fraction of sp³-hybridized carbons (Fsp3) is 0.618. The molecule has 2 aromatic carbocycles. The monoisotopic (exact) mass is 599 g/mol. The van der Waals surface area contributed by atoms with Crippen molar-refractivity contribution in [3.05, 3.63) is 63.6 Å². The van der Waals surface area contributed by atoms with E-state index in [-0.39, 0.29) is 17.4 Å². The van der Waals surface area contributed by atoms with E-state index in [1.54, 1.807) is 0 Å². The van der Waals surface area contributed by atoms with Crippen LogP contribution >= 0.6 is 23.2 Å². The summed E-state index contributed by atoms with van der Waals surface area (Å²) in [6.07, 6.45) is 10.2. The van der Waals surface area contributed by atoms with Crippen molar-refractivity contribution in [2.24, 2.45) is 0 Å². The van der Waals surface area contributed by atoms with Gasteiger partial charge in [0.05, 0.1) is 22.6 Å². The molecule has 1 amide bonds. The van der Waals surface area contributed by atoms with Crippen molar-refractivity contribution < 1.29 is 9.53 Å². The van der Waals surface area contributed by atoms with Crippen molar-refractivity contribution in [3.63, 3.8) is 0 Å². The number of nitrogens with zero attached hydrogens (tertiary/aromatic N) is 3. The zero-order valence-corrected chi connectivity index (χ0v) is 26.4. The molecule has 0 aliphatic carbocycles. The molecular formula is C34H47Cl2N3O2. The molecule has 3 aliphatic heterocycles. The Bertz CT molecular complexity index is 1160. The molecule has 0 saturated carbocycles. The Morgan fingerprint density at radius 3 is 2.46 bits per heavy atom. The third kappa shape index (κ3) is 7.98. The molecule has 5 rings (SSSR count). The average molecular weight is 601 g/mol. The average Bonchev–Trinajstić information content (AvgIpc) is 2.98. The Labute approximate surface area is 257 Å². The Morgan fingerprint density at radius 1 is 0.951 bits per heavy atom. The number of carbonyl (C=O) groups excluding carboxylic acids is 1. The molecule has 41 heavy (non-hydrogen) atoms. The van der Waals surface area contributed by atoms with E-state index >= 15 is 0 Å². The molecule has 3 heterocycles. The van der Waals surface area contributed by atoms with Crippen LogP contribution in [0.1, 0.15) is 76.3 Å². The molecule has 3 saturated heterocycles. The number of piperidine rings is 3. The second-order valence-corrected chi connectivity index (χ2v) is 13.6. The summed E-state index contributed by atoms with van der Waals surface area (Å²) in [7, 11) is 0. The van der Waals surface area contributed by atoms with Crippen LogP contribution in [0.25, 0.3) is 0 Å². The van der Waals surface area contributed by atoms with E-state index in [0.29, 0.717) is 16.5 Å². The maximum atomic E-state index is 13.7. The molecule has 7 heteroatoms. The summed E-state index contributed by atoms with van der Waals surface area (Å²) in [4.78, 5) is 21.1. The van der Waals surface area contributed by atoms with Crippen LogP contribution in [0.3, 0.4) is 0 Å². The molecule has 0 N–H and O–H groups in total. The molecule has 0 radical (unpaired) electrons. The van der Waals surface area contributed by atoms with Gasteiger partial charge in [0.25, 0.3) is 0 Å². The number of carbonyl (C=O) groups is 1. The minimum atomic E-state index is -0.130. The molecule has 0 bridgehead atoms. The molecular weight excluding hydrogens is 553 g/mol. The number of hydrogen-bond donors (Lipinski definition) is 0. The van der Waals surface area contributed by atoms with E-state index in [4.69, 9.17) is 27.9 Å². The summed E-state index contributed by atoms with van der Waals surface area (Å²) in [5.74, 6) is 0.997. The molecule has 3 aliphatic rings. The molecule has 2 aromatic rings. The number of ether oxygens (including phenoxy) is 1. The molecule has 0 aromatic heterocycles. The van der Waals surface area contributed by atoms with Gasteiger partial charge >= 0.3 is 0 Å². The van der Waals surface area contributed by atoms with Crippen molar-refractivity contribution >= 4 is 29.1 Å². The molecule has 3 fully saturated rings. The maximum Gasteiger partial charge on any atom is 0.227 e. The number of rotatable bonds is 9. The summed E-state index contributed by atoms with van der Waals surface area (Å²) >= 11 is 12.9. The summed E-state index contributed by atoms with van der Waals surface area (Å²) in [6, 6.07) is 14.8. The van der Waals surface area contributed by atoms with Gasteiger partial charge < -0.3 is 19.4 Å². The van der Waals surface area contributed by atoms with Gasteiger partial charge in [-0.3, -0.25) is 4.79 Å². The number of hydrogen-bond acceptors (Lipinski definition) is 4.